The van der Waals surface area contributed by atoms with Crippen LogP contribution in [-0.4, -0.2) is 20.1 Å². The van der Waals surface area contributed by atoms with E-state index in [0.29, 0.717) is 24.1 Å². The molecule has 2 heterocycles. The quantitative estimate of drug-likeness (QED) is 0.779. The van der Waals surface area contributed by atoms with Gasteiger partial charge in [0, 0.05) is 6.42 Å². The van der Waals surface area contributed by atoms with Gasteiger partial charge in [0.2, 0.25) is 5.89 Å². The summed E-state index contributed by atoms with van der Waals surface area (Å²) in [6.45, 7) is 4.26. The number of rotatable bonds is 4. The first-order valence-electron chi connectivity index (χ1n) is 6.46. The maximum Gasteiger partial charge on any atom is 0.226 e. The normalized spacial score (nSPS) is 11.5. The molecule has 0 unspecified atom stereocenters. The van der Waals surface area contributed by atoms with E-state index in [1.54, 1.807) is 0 Å². The van der Waals surface area contributed by atoms with Crippen LogP contribution in [0.1, 0.15) is 31.4 Å². The van der Waals surface area contributed by atoms with E-state index in [1.807, 2.05) is 24.3 Å². The van der Waals surface area contributed by atoms with E-state index >= 15 is 0 Å². The number of imidazole rings is 1. The molecule has 0 spiro atoms. The van der Waals surface area contributed by atoms with Gasteiger partial charge >= 0.3 is 0 Å². The molecule has 1 N–H and O–H groups in total. The fourth-order valence-corrected chi connectivity index (χ4v) is 2.03. The molecule has 0 amide bonds. The molecule has 3 aromatic rings. The Hall–Kier alpha value is -2.17. The number of H-pyrrole nitrogens is 1. The van der Waals surface area contributed by atoms with Crippen molar-refractivity contribution in [2.24, 2.45) is 5.92 Å². The van der Waals surface area contributed by atoms with Crippen molar-refractivity contribution in [3.63, 3.8) is 0 Å². The molecule has 19 heavy (non-hydrogen) atoms. The van der Waals surface area contributed by atoms with Crippen molar-refractivity contribution in [2.45, 2.75) is 26.7 Å². The monoisotopic (exact) mass is 256 g/mol. The summed E-state index contributed by atoms with van der Waals surface area (Å²) in [6, 6.07) is 7.95. The standard InChI is InChI=1S/C14H16N4O/c1-9(2)7-14-17-13(18-19-14)8-12-15-10-5-3-4-6-11(10)16-12/h3-6,9H,7-8H2,1-2H3,(H,15,16). The van der Waals surface area contributed by atoms with Gasteiger partial charge in [-0.1, -0.05) is 31.1 Å². The molecule has 0 bridgehead atoms. The molecule has 3 rings (SSSR count). The van der Waals surface area contributed by atoms with E-state index in [9.17, 15) is 0 Å². The molecule has 5 nitrogen and oxygen atoms in total. The fraction of sp³-hybridized carbons (Fsp3) is 0.357. The second-order valence-electron chi connectivity index (χ2n) is 5.08. The summed E-state index contributed by atoms with van der Waals surface area (Å²) in [5.41, 5.74) is 1.99. The molecular weight excluding hydrogens is 240 g/mol. The van der Waals surface area contributed by atoms with Crippen LogP contribution in [0, 0.1) is 5.92 Å². The smallest absolute Gasteiger partial charge is 0.226 e. The lowest BCUT2D eigenvalue weighted by Gasteiger charge is -1.95. The van der Waals surface area contributed by atoms with Gasteiger partial charge in [-0.3, -0.25) is 0 Å². The van der Waals surface area contributed by atoms with Crippen LogP contribution in [0.5, 0.6) is 0 Å². The highest BCUT2D eigenvalue weighted by atomic mass is 16.5. The third-order valence-corrected chi connectivity index (χ3v) is 2.86. The second kappa shape index (κ2) is 4.84. The zero-order valence-corrected chi connectivity index (χ0v) is 11.1. The molecule has 0 fully saturated rings. The molecule has 0 radical (unpaired) electrons. The van der Waals surface area contributed by atoms with Crippen LogP contribution >= 0.6 is 0 Å². The molecule has 0 aliphatic rings. The van der Waals surface area contributed by atoms with Gasteiger partial charge in [-0.15, -0.1) is 0 Å². The van der Waals surface area contributed by atoms with E-state index in [0.717, 1.165) is 23.3 Å². The molecule has 0 saturated heterocycles. The predicted octanol–water partition coefficient (Wildman–Crippen LogP) is 2.74. The molecular formula is C14H16N4O. The fourth-order valence-electron chi connectivity index (χ4n) is 2.03. The van der Waals surface area contributed by atoms with E-state index in [2.05, 4.69) is 34.0 Å². The van der Waals surface area contributed by atoms with Gasteiger partial charge in [0.15, 0.2) is 5.82 Å². The van der Waals surface area contributed by atoms with Gasteiger partial charge in [-0.2, -0.15) is 4.98 Å². The van der Waals surface area contributed by atoms with E-state index < -0.39 is 0 Å². The van der Waals surface area contributed by atoms with Gasteiger partial charge < -0.3 is 9.51 Å². The number of hydrogen-bond donors (Lipinski definition) is 1. The van der Waals surface area contributed by atoms with Gasteiger partial charge in [-0.05, 0) is 18.1 Å². The number of nitrogens with one attached hydrogen (secondary N) is 1. The molecule has 0 atom stereocenters. The summed E-state index contributed by atoms with van der Waals surface area (Å²) in [7, 11) is 0. The number of nitrogens with zero attached hydrogens (tertiary/aromatic N) is 3. The lowest BCUT2D eigenvalue weighted by Crippen LogP contribution is -1.96. The maximum atomic E-state index is 5.22. The van der Waals surface area contributed by atoms with Crippen molar-refractivity contribution < 1.29 is 4.52 Å². The van der Waals surface area contributed by atoms with Crippen LogP contribution in [0.25, 0.3) is 11.0 Å². The van der Waals surface area contributed by atoms with Crippen molar-refractivity contribution in [1.29, 1.82) is 0 Å². The van der Waals surface area contributed by atoms with Crippen molar-refractivity contribution in [3.05, 3.63) is 41.8 Å². The van der Waals surface area contributed by atoms with Crippen LogP contribution in [0.15, 0.2) is 28.8 Å². The number of aromatic nitrogens is 4. The van der Waals surface area contributed by atoms with Gasteiger partial charge in [0.1, 0.15) is 5.82 Å². The summed E-state index contributed by atoms with van der Waals surface area (Å²) >= 11 is 0. The minimum Gasteiger partial charge on any atom is -0.342 e. The van der Waals surface area contributed by atoms with Crippen molar-refractivity contribution in [3.8, 4) is 0 Å². The van der Waals surface area contributed by atoms with Crippen LogP contribution in [0.4, 0.5) is 0 Å². The van der Waals surface area contributed by atoms with E-state index in [4.69, 9.17) is 4.52 Å². The first kappa shape index (κ1) is 11.9. The van der Waals surface area contributed by atoms with Crippen molar-refractivity contribution >= 4 is 11.0 Å². The highest BCUT2D eigenvalue weighted by Crippen LogP contribution is 2.13. The van der Waals surface area contributed by atoms with Crippen molar-refractivity contribution in [1.82, 2.24) is 20.1 Å². The number of benzene rings is 1. The van der Waals surface area contributed by atoms with Gasteiger partial charge in [0.05, 0.1) is 17.5 Å². The number of fused-ring (bicyclic) bond motifs is 1. The molecule has 2 aromatic heterocycles. The summed E-state index contributed by atoms with van der Waals surface area (Å²) < 4.78 is 5.22. The largest absolute Gasteiger partial charge is 0.342 e. The average molecular weight is 256 g/mol. The third-order valence-electron chi connectivity index (χ3n) is 2.86. The second-order valence-corrected chi connectivity index (χ2v) is 5.08. The summed E-state index contributed by atoms with van der Waals surface area (Å²) in [5.74, 6) is 2.74. The molecule has 98 valence electrons. The van der Waals surface area contributed by atoms with Gasteiger partial charge in [-0.25, -0.2) is 4.98 Å². The molecule has 5 heteroatoms. The Morgan fingerprint density at radius 1 is 1.21 bits per heavy atom. The Bertz CT molecular complexity index is 650. The minimum atomic E-state index is 0.513. The maximum absolute atomic E-state index is 5.22. The number of para-hydroxylation sites is 2. The summed E-state index contributed by atoms with van der Waals surface area (Å²) in [5, 5.41) is 3.99. The number of hydrogen-bond acceptors (Lipinski definition) is 4. The molecule has 0 aliphatic heterocycles. The summed E-state index contributed by atoms with van der Waals surface area (Å²) in [4.78, 5) is 12.1. The SMILES string of the molecule is CC(C)Cc1nc(Cc2nc3ccccc3[nH]2)no1. The molecule has 1 aromatic carbocycles. The van der Waals surface area contributed by atoms with E-state index in [-0.39, 0.29) is 0 Å². The topological polar surface area (TPSA) is 67.6 Å². The lowest BCUT2D eigenvalue weighted by molar-refractivity contribution is 0.359. The summed E-state index contributed by atoms with van der Waals surface area (Å²) in [6.07, 6.45) is 1.38. The third kappa shape index (κ3) is 2.65. The average Bonchev–Trinajstić information content (AvgIpc) is 2.94. The van der Waals surface area contributed by atoms with Crippen LogP contribution in [0.3, 0.4) is 0 Å². The highest BCUT2D eigenvalue weighted by Gasteiger charge is 2.10. The number of aromatic amines is 1. The van der Waals surface area contributed by atoms with E-state index in [1.165, 1.54) is 0 Å². The first-order valence-corrected chi connectivity index (χ1v) is 6.46. The molecule has 0 saturated carbocycles. The van der Waals surface area contributed by atoms with Crippen LogP contribution in [-0.2, 0) is 12.8 Å². The Morgan fingerprint density at radius 2 is 2.05 bits per heavy atom. The highest BCUT2D eigenvalue weighted by molar-refractivity contribution is 5.74. The zero-order chi connectivity index (χ0) is 13.2. The van der Waals surface area contributed by atoms with Gasteiger partial charge in [0.25, 0.3) is 0 Å². The lowest BCUT2D eigenvalue weighted by atomic mass is 10.1. The first-order chi connectivity index (χ1) is 9.20. The zero-order valence-electron chi connectivity index (χ0n) is 11.1. The van der Waals surface area contributed by atoms with Crippen LogP contribution in [0.2, 0.25) is 0 Å². The van der Waals surface area contributed by atoms with Crippen molar-refractivity contribution in [2.75, 3.05) is 0 Å². The Kier molecular flexibility index (Phi) is 3.03. The minimum absolute atomic E-state index is 0.513. The Balaban J connectivity index is 1.78. The Morgan fingerprint density at radius 3 is 2.84 bits per heavy atom. The van der Waals surface area contributed by atoms with Crippen LogP contribution < -0.4 is 0 Å². The Labute approximate surface area is 111 Å². The predicted molar refractivity (Wildman–Crippen MR) is 71.7 cm³/mol. The molecule has 0 aliphatic carbocycles.